The predicted molar refractivity (Wildman–Crippen MR) is 72.0 cm³/mol. The molecule has 0 saturated carbocycles. The lowest BCUT2D eigenvalue weighted by Crippen LogP contribution is -1.98. The van der Waals surface area contributed by atoms with Crippen LogP contribution in [0.15, 0.2) is 28.7 Å². The number of benzene rings is 1. The van der Waals surface area contributed by atoms with Crippen molar-refractivity contribution in [2.24, 2.45) is 0 Å². The molecule has 1 aliphatic heterocycles. The Morgan fingerprint density at radius 1 is 1.35 bits per heavy atom. The van der Waals surface area contributed by atoms with Crippen molar-refractivity contribution in [1.29, 1.82) is 0 Å². The summed E-state index contributed by atoms with van der Waals surface area (Å²) in [5, 5.41) is 0. The van der Waals surface area contributed by atoms with Crippen molar-refractivity contribution in [2.45, 2.75) is 6.42 Å². The third-order valence-electron chi connectivity index (χ3n) is 2.82. The maximum absolute atomic E-state index is 11.0. The van der Waals surface area contributed by atoms with E-state index in [0.717, 1.165) is 38.2 Å². The van der Waals surface area contributed by atoms with Gasteiger partial charge in [-0.15, -0.1) is 11.3 Å². The molecule has 0 unspecified atom stereocenters. The number of para-hydroxylation sites is 1. The van der Waals surface area contributed by atoms with Gasteiger partial charge >= 0.3 is 0 Å². The first kappa shape index (κ1) is 11.0. The van der Waals surface area contributed by atoms with E-state index in [2.05, 4.69) is 15.9 Å². The van der Waals surface area contributed by atoms with Crippen LogP contribution in [-0.4, -0.2) is 12.9 Å². The monoisotopic (exact) mass is 308 g/mol. The minimum Gasteiger partial charge on any atom is -0.493 e. The zero-order valence-electron chi connectivity index (χ0n) is 8.90. The van der Waals surface area contributed by atoms with E-state index in [1.807, 2.05) is 24.3 Å². The number of hydrogen-bond donors (Lipinski definition) is 0. The van der Waals surface area contributed by atoms with Gasteiger partial charge in [0.1, 0.15) is 5.75 Å². The summed E-state index contributed by atoms with van der Waals surface area (Å²) in [6, 6.07) is 7.97. The Balaban J connectivity index is 2.29. The molecular formula is C13H9BrO2S. The topological polar surface area (TPSA) is 26.3 Å². The van der Waals surface area contributed by atoms with Crippen LogP contribution in [0.1, 0.15) is 15.2 Å². The van der Waals surface area contributed by atoms with Gasteiger partial charge < -0.3 is 4.74 Å². The summed E-state index contributed by atoms with van der Waals surface area (Å²) >= 11 is 5.03. The molecule has 1 aromatic heterocycles. The molecule has 0 amide bonds. The van der Waals surface area contributed by atoms with Crippen molar-refractivity contribution < 1.29 is 9.53 Å². The molecular weight excluding hydrogens is 300 g/mol. The Bertz CT molecular complexity index is 589. The van der Waals surface area contributed by atoms with Gasteiger partial charge in [0.25, 0.3) is 0 Å². The van der Waals surface area contributed by atoms with Crippen LogP contribution >= 0.6 is 27.3 Å². The summed E-state index contributed by atoms with van der Waals surface area (Å²) in [7, 11) is 0. The Hall–Kier alpha value is -1.13. The minimum atomic E-state index is 0.650. The number of carbonyl (C=O) groups excluding carboxylic acids is 1. The fourth-order valence-electron chi connectivity index (χ4n) is 2.02. The molecule has 2 nitrogen and oxygen atoms in total. The van der Waals surface area contributed by atoms with E-state index in [9.17, 15) is 4.79 Å². The maximum atomic E-state index is 11.0. The number of fused-ring (bicyclic) bond motifs is 3. The lowest BCUT2D eigenvalue weighted by Gasteiger charge is -2.05. The van der Waals surface area contributed by atoms with Crippen LogP contribution in [-0.2, 0) is 6.42 Å². The van der Waals surface area contributed by atoms with Gasteiger partial charge in [-0.25, -0.2) is 0 Å². The zero-order valence-corrected chi connectivity index (χ0v) is 11.3. The summed E-state index contributed by atoms with van der Waals surface area (Å²) in [6.07, 6.45) is 1.74. The summed E-state index contributed by atoms with van der Waals surface area (Å²) in [6.45, 7) is 0.650. The highest BCUT2D eigenvalue weighted by Gasteiger charge is 2.22. The van der Waals surface area contributed by atoms with Crippen LogP contribution in [0.4, 0.5) is 0 Å². The fraction of sp³-hybridized carbons (Fsp3) is 0.154. The first-order chi connectivity index (χ1) is 8.31. The van der Waals surface area contributed by atoms with Gasteiger partial charge in [-0.3, -0.25) is 4.79 Å². The quantitative estimate of drug-likeness (QED) is 0.746. The molecule has 0 fully saturated rings. The Morgan fingerprint density at radius 3 is 3.00 bits per heavy atom. The van der Waals surface area contributed by atoms with Gasteiger partial charge in [-0.1, -0.05) is 12.1 Å². The Morgan fingerprint density at radius 2 is 2.18 bits per heavy atom. The molecule has 0 aliphatic carbocycles. The molecule has 2 heterocycles. The van der Waals surface area contributed by atoms with Crippen LogP contribution in [0.5, 0.6) is 5.75 Å². The fourth-order valence-corrected chi connectivity index (χ4v) is 3.98. The second-order valence-corrected chi connectivity index (χ2v) is 5.65. The van der Waals surface area contributed by atoms with E-state index >= 15 is 0 Å². The second kappa shape index (κ2) is 4.27. The lowest BCUT2D eigenvalue weighted by atomic mass is 10.1. The molecule has 2 aromatic rings. The van der Waals surface area contributed by atoms with Crippen LogP contribution < -0.4 is 4.74 Å². The molecule has 0 N–H and O–H groups in total. The molecule has 0 bridgehead atoms. The molecule has 3 rings (SSSR count). The molecule has 0 radical (unpaired) electrons. The van der Waals surface area contributed by atoms with Crippen LogP contribution in [0.2, 0.25) is 0 Å². The van der Waals surface area contributed by atoms with E-state index in [4.69, 9.17) is 4.74 Å². The van der Waals surface area contributed by atoms with E-state index in [0.29, 0.717) is 6.61 Å². The highest BCUT2D eigenvalue weighted by Crippen LogP contribution is 2.44. The first-order valence-corrected chi connectivity index (χ1v) is 6.90. The zero-order chi connectivity index (χ0) is 11.8. The molecule has 1 aliphatic rings. The van der Waals surface area contributed by atoms with Crippen LogP contribution in [0.25, 0.3) is 10.4 Å². The molecule has 4 heteroatoms. The average molecular weight is 309 g/mol. The van der Waals surface area contributed by atoms with Crippen molar-refractivity contribution >= 4 is 33.6 Å². The number of ether oxygens (including phenoxy) is 1. The largest absolute Gasteiger partial charge is 0.493 e. The maximum Gasteiger partial charge on any atom is 0.161 e. The van der Waals surface area contributed by atoms with Gasteiger partial charge in [0.2, 0.25) is 0 Å². The molecule has 0 saturated heterocycles. The number of halogens is 1. The third kappa shape index (κ3) is 1.72. The SMILES string of the molecule is O=Cc1sc2c(c1Br)CCOc1ccccc1-2. The average Bonchev–Trinajstić information content (AvgIpc) is 2.57. The van der Waals surface area contributed by atoms with Crippen LogP contribution in [0, 0.1) is 0 Å². The minimum absolute atomic E-state index is 0.650. The van der Waals surface area contributed by atoms with Gasteiger partial charge in [0.05, 0.1) is 11.5 Å². The summed E-state index contributed by atoms with van der Waals surface area (Å²) in [4.78, 5) is 12.9. The summed E-state index contributed by atoms with van der Waals surface area (Å²) in [5.41, 5.74) is 2.26. The molecule has 0 spiro atoms. The molecule has 17 heavy (non-hydrogen) atoms. The third-order valence-corrected chi connectivity index (χ3v) is 5.17. The standard InChI is InChI=1S/C13H9BrO2S/c14-12-9-5-6-16-10-4-2-1-3-8(10)13(9)17-11(12)7-15/h1-4,7H,5-6H2. The summed E-state index contributed by atoms with van der Waals surface area (Å²) < 4.78 is 6.64. The molecule has 0 atom stereocenters. The number of carbonyl (C=O) groups is 1. The number of hydrogen-bond acceptors (Lipinski definition) is 3. The normalized spacial score (nSPS) is 13.2. The lowest BCUT2D eigenvalue weighted by molar-refractivity contribution is 0.112. The van der Waals surface area contributed by atoms with E-state index in [1.165, 1.54) is 16.9 Å². The summed E-state index contributed by atoms with van der Waals surface area (Å²) in [5.74, 6) is 0.900. The van der Waals surface area contributed by atoms with Gasteiger partial charge in [0.15, 0.2) is 6.29 Å². The molecule has 1 aromatic carbocycles. The van der Waals surface area contributed by atoms with E-state index in [-0.39, 0.29) is 0 Å². The van der Waals surface area contributed by atoms with Gasteiger partial charge in [-0.2, -0.15) is 0 Å². The number of aldehydes is 1. The number of thiophene rings is 1. The van der Waals surface area contributed by atoms with E-state index < -0.39 is 0 Å². The van der Waals surface area contributed by atoms with Crippen molar-refractivity contribution in [3.05, 3.63) is 39.2 Å². The highest BCUT2D eigenvalue weighted by molar-refractivity contribution is 9.10. The Kier molecular flexibility index (Phi) is 2.76. The Labute approximate surface area is 111 Å². The van der Waals surface area contributed by atoms with Crippen molar-refractivity contribution in [3.63, 3.8) is 0 Å². The first-order valence-electron chi connectivity index (χ1n) is 5.30. The predicted octanol–water partition coefficient (Wildman–Crippen LogP) is 3.93. The number of rotatable bonds is 1. The van der Waals surface area contributed by atoms with Gasteiger partial charge in [-0.05, 0) is 33.6 Å². The van der Waals surface area contributed by atoms with Crippen molar-refractivity contribution in [1.82, 2.24) is 0 Å². The molecule has 86 valence electrons. The van der Waals surface area contributed by atoms with Crippen molar-refractivity contribution in [2.75, 3.05) is 6.61 Å². The smallest absolute Gasteiger partial charge is 0.161 e. The van der Waals surface area contributed by atoms with Gasteiger partial charge in [0, 0.05) is 21.3 Å². The second-order valence-electron chi connectivity index (χ2n) is 3.80. The van der Waals surface area contributed by atoms with Crippen LogP contribution in [0.3, 0.4) is 0 Å². The highest BCUT2D eigenvalue weighted by atomic mass is 79.9. The van der Waals surface area contributed by atoms with E-state index in [1.54, 1.807) is 0 Å². The van der Waals surface area contributed by atoms with Crippen molar-refractivity contribution in [3.8, 4) is 16.2 Å².